The van der Waals surface area contributed by atoms with Gasteiger partial charge in [0.05, 0.1) is 18.0 Å². The lowest BCUT2D eigenvalue weighted by Gasteiger charge is -2.08. The fourth-order valence-corrected chi connectivity index (χ4v) is 1.75. The fourth-order valence-electron chi connectivity index (χ4n) is 1.52. The highest BCUT2D eigenvalue weighted by Gasteiger charge is 2.07. The molecule has 0 aromatic carbocycles. The number of ether oxygens (including phenoxy) is 1. The Labute approximate surface area is 109 Å². The van der Waals surface area contributed by atoms with Crippen LogP contribution >= 0.6 is 11.6 Å². The molecule has 1 heterocycles. The average Bonchev–Trinajstić information content (AvgIpc) is 2.30. The predicted molar refractivity (Wildman–Crippen MR) is 70.8 cm³/mol. The third-order valence-corrected chi connectivity index (χ3v) is 2.97. The summed E-state index contributed by atoms with van der Waals surface area (Å²) in [5, 5.41) is 0.363. The van der Waals surface area contributed by atoms with Gasteiger partial charge in [-0.2, -0.15) is 0 Å². The second-order valence-corrected chi connectivity index (χ2v) is 4.61. The van der Waals surface area contributed by atoms with Crippen molar-refractivity contribution in [1.82, 2.24) is 9.97 Å². The lowest BCUT2D eigenvalue weighted by molar-refractivity contribution is 0.291. The van der Waals surface area contributed by atoms with Gasteiger partial charge in [-0.1, -0.05) is 44.2 Å². The molecular weight excluding hydrogens is 236 g/mol. The highest BCUT2D eigenvalue weighted by atomic mass is 35.5. The molecule has 0 fully saturated rings. The van der Waals surface area contributed by atoms with E-state index in [1.54, 1.807) is 0 Å². The van der Waals surface area contributed by atoms with Crippen LogP contribution in [0, 0.1) is 13.8 Å². The molecule has 0 radical (unpaired) electrons. The maximum Gasteiger partial charge on any atom is 0.252 e. The van der Waals surface area contributed by atoms with E-state index < -0.39 is 0 Å². The summed E-state index contributed by atoms with van der Waals surface area (Å²) in [6.45, 7) is 6.68. The first kappa shape index (κ1) is 14.2. The molecule has 1 aromatic heterocycles. The van der Waals surface area contributed by atoms with Crippen LogP contribution < -0.4 is 4.74 Å². The number of aromatic nitrogens is 2. The molecule has 1 rings (SSSR count). The smallest absolute Gasteiger partial charge is 0.252 e. The van der Waals surface area contributed by atoms with Crippen molar-refractivity contribution in [3.05, 3.63) is 16.5 Å². The lowest BCUT2D eigenvalue weighted by atomic mass is 10.2. The molecule has 0 spiro atoms. The Balaban J connectivity index is 2.34. The summed E-state index contributed by atoms with van der Waals surface area (Å²) in [6, 6.07) is 0. The SMILES string of the molecule is CCCCCCCOc1nc(C)c(C)nc1Cl. The van der Waals surface area contributed by atoms with Gasteiger partial charge in [0, 0.05) is 0 Å². The van der Waals surface area contributed by atoms with E-state index in [4.69, 9.17) is 16.3 Å². The molecule has 0 saturated heterocycles. The topological polar surface area (TPSA) is 35.0 Å². The zero-order chi connectivity index (χ0) is 12.7. The summed E-state index contributed by atoms with van der Waals surface area (Å²) in [5.41, 5.74) is 1.72. The summed E-state index contributed by atoms with van der Waals surface area (Å²) in [5.74, 6) is 0.463. The lowest BCUT2D eigenvalue weighted by Crippen LogP contribution is -2.03. The van der Waals surface area contributed by atoms with Crippen LogP contribution in [0.15, 0.2) is 0 Å². The third-order valence-electron chi connectivity index (χ3n) is 2.72. The minimum atomic E-state index is 0.363. The molecule has 0 atom stereocenters. The van der Waals surface area contributed by atoms with Crippen LogP contribution in [-0.4, -0.2) is 16.6 Å². The van der Waals surface area contributed by atoms with E-state index in [9.17, 15) is 0 Å². The number of nitrogens with zero attached hydrogens (tertiary/aromatic N) is 2. The van der Waals surface area contributed by atoms with Crippen LogP contribution in [0.1, 0.15) is 50.4 Å². The molecule has 0 bridgehead atoms. The van der Waals surface area contributed by atoms with Crippen molar-refractivity contribution >= 4 is 11.6 Å². The van der Waals surface area contributed by atoms with Gasteiger partial charge in [-0.25, -0.2) is 9.97 Å². The summed E-state index contributed by atoms with van der Waals surface area (Å²) in [7, 11) is 0. The third kappa shape index (κ3) is 4.90. The number of hydrogen-bond acceptors (Lipinski definition) is 3. The van der Waals surface area contributed by atoms with Gasteiger partial charge in [-0.3, -0.25) is 0 Å². The van der Waals surface area contributed by atoms with E-state index in [1.807, 2.05) is 13.8 Å². The van der Waals surface area contributed by atoms with E-state index in [-0.39, 0.29) is 0 Å². The Kier molecular flexibility index (Phi) is 6.27. The molecule has 0 amide bonds. The van der Waals surface area contributed by atoms with Gasteiger partial charge in [0.1, 0.15) is 0 Å². The fraction of sp³-hybridized carbons (Fsp3) is 0.692. The van der Waals surface area contributed by atoms with Crippen molar-refractivity contribution in [2.45, 2.75) is 52.9 Å². The van der Waals surface area contributed by atoms with Gasteiger partial charge >= 0.3 is 0 Å². The molecule has 0 saturated carbocycles. The Morgan fingerprint density at radius 2 is 1.65 bits per heavy atom. The zero-order valence-electron chi connectivity index (χ0n) is 10.9. The Morgan fingerprint density at radius 1 is 1.00 bits per heavy atom. The standard InChI is InChI=1S/C13H21ClN2O/c1-4-5-6-7-8-9-17-13-12(14)15-10(2)11(3)16-13/h4-9H2,1-3H3. The van der Waals surface area contributed by atoms with Gasteiger partial charge in [0.15, 0.2) is 5.15 Å². The van der Waals surface area contributed by atoms with E-state index in [0.717, 1.165) is 17.8 Å². The van der Waals surface area contributed by atoms with Crippen LogP contribution in [0.4, 0.5) is 0 Å². The number of aryl methyl sites for hydroxylation is 2. The minimum Gasteiger partial charge on any atom is -0.475 e. The van der Waals surface area contributed by atoms with E-state index >= 15 is 0 Å². The summed E-state index contributed by atoms with van der Waals surface area (Å²) < 4.78 is 5.55. The second kappa shape index (κ2) is 7.49. The average molecular weight is 257 g/mol. The van der Waals surface area contributed by atoms with Gasteiger partial charge < -0.3 is 4.74 Å². The quantitative estimate of drug-likeness (QED) is 0.689. The van der Waals surface area contributed by atoms with Gasteiger partial charge in [-0.05, 0) is 20.3 Å². The normalized spacial score (nSPS) is 10.6. The first-order valence-corrected chi connectivity index (χ1v) is 6.66. The number of hydrogen-bond donors (Lipinski definition) is 0. The second-order valence-electron chi connectivity index (χ2n) is 4.25. The molecule has 4 heteroatoms. The maximum absolute atomic E-state index is 5.97. The molecule has 0 aliphatic heterocycles. The molecule has 0 aliphatic rings. The summed E-state index contributed by atoms with van der Waals surface area (Å²) in [4.78, 5) is 8.47. The monoisotopic (exact) mass is 256 g/mol. The van der Waals surface area contributed by atoms with Crippen molar-refractivity contribution < 1.29 is 4.74 Å². The van der Waals surface area contributed by atoms with Crippen molar-refractivity contribution in [3.8, 4) is 5.88 Å². The van der Waals surface area contributed by atoms with Crippen molar-refractivity contribution in [1.29, 1.82) is 0 Å². The molecule has 17 heavy (non-hydrogen) atoms. The van der Waals surface area contributed by atoms with E-state index in [2.05, 4.69) is 16.9 Å². The van der Waals surface area contributed by atoms with Crippen LogP contribution in [0.5, 0.6) is 5.88 Å². The van der Waals surface area contributed by atoms with Gasteiger partial charge in [0.2, 0.25) is 0 Å². The molecule has 96 valence electrons. The highest BCUT2D eigenvalue weighted by Crippen LogP contribution is 2.21. The Hall–Kier alpha value is -0.830. The first-order chi connectivity index (χ1) is 8.15. The number of unbranched alkanes of at least 4 members (excludes halogenated alkanes) is 4. The minimum absolute atomic E-state index is 0.363. The molecule has 0 aliphatic carbocycles. The number of rotatable bonds is 7. The largest absolute Gasteiger partial charge is 0.475 e. The van der Waals surface area contributed by atoms with Crippen molar-refractivity contribution in [3.63, 3.8) is 0 Å². The molecular formula is C13H21ClN2O. The van der Waals surface area contributed by atoms with Crippen molar-refractivity contribution in [2.75, 3.05) is 6.61 Å². The van der Waals surface area contributed by atoms with Crippen molar-refractivity contribution in [2.24, 2.45) is 0 Å². The molecule has 0 unspecified atom stereocenters. The van der Waals surface area contributed by atoms with Crippen LogP contribution in [0.2, 0.25) is 5.15 Å². The predicted octanol–water partition coefficient (Wildman–Crippen LogP) is 4.10. The van der Waals surface area contributed by atoms with E-state index in [1.165, 1.54) is 25.7 Å². The Bertz CT molecular complexity index is 356. The van der Waals surface area contributed by atoms with Crippen LogP contribution in [-0.2, 0) is 0 Å². The van der Waals surface area contributed by atoms with Crippen LogP contribution in [0.25, 0.3) is 0 Å². The summed E-state index contributed by atoms with van der Waals surface area (Å²) >= 11 is 5.97. The number of halogens is 1. The van der Waals surface area contributed by atoms with E-state index in [0.29, 0.717) is 17.6 Å². The maximum atomic E-state index is 5.97. The first-order valence-electron chi connectivity index (χ1n) is 6.28. The molecule has 1 aromatic rings. The highest BCUT2D eigenvalue weighted by molar-refractivity contribution is 6.30. The Morgan fingerprint density at radius 3 is 2.35 bits per heavy atom. The zero-order valence-corrected chi connectivity index (χ0v) is 11.7. The van der Waals surface area contributed by atoms with Crippen LogP contribution in [0.3, 0.4) is 0 Å². The van der Waals surface area contributed by atoms with Gasteiger partial charge in [-0.15, -0.1) is 0 Å². The van der Waals surface area contributed by atoms with Gasteiger partial charge in [0.25, 0.3) is 5.88 Å². The molecule has 0 N–H and O–H groups in total. The molecule has 3 nitrogen and oxygen atoms in total. The summed E-state index contributed by atoms with van der Waals surface area (Å²) in [6.07, 6.45) is 6.07.